The molecule has 0 aliphatic heterocycles. The van der Waals surface area contributed by atoms with E-state index in [-0.39, 0.29) is 5.54 Å². The van der Waals surface area contributed by atoms with Crippen LogP contribution in [-0.2, 0) is 0 Å². The first kappa shape index (κ1) is 11.0. The fourth-order valence-corrected chi connectivity index (χ4v) is 2.07. The van der Waals surface area contributed by atoms with E-state index in [0.717, 1.165) is 12.3 Å². The van der Waals surface area contributed by atoms with E-state index in [0.29, 0.717) is 6.04 Å². The molecule has 2 atom stereocenters. The van der Waals surface area contributed by atoms with E-state index in [1.54, 1.807) is 0 Å². The van der Waals surface area contributed by atoms with Gasteiger partial charge in [-0.05, 0) is 46.2 Å². The Labute approximate surface area is 81.6 Å². The Bertz CT molecular complexity index is 166. The van der Waals surface area contributed by atoms with Gasteiger partial charge in [-0.3, -0.25) is 11.3 Å². The van der Waals surface area contributed by atoms with Crippen molar-refractivity contribution in [3.63, 3.8) is 0 Å². The quantitative estimate of drug-likeness (QED) is 0.495. The van der Waals surface area contributed by atoms with E-state index < -0.39 is 0 Å². The van der Waals surface area contributed by atoms with Crippen molar-refractivity contribution in [2.45, 2.75) is 44.7 Å². The number of hydrogen-bond donors (Lipinski definition) is 2. The SMILES string of the molecule is CCC(C)(C(NN)C1CC1)N(C)C. The summed E-state index contributed by atoms with van der Waals surface area (Å²) in [6.07, 6.45) is 3.79. The van der Waals surface area contributed by atoms with Gasteiger partial charge in [-0.15, -0.1) is 0 Å². The van der Waals surface area contributed by atoms with Crippen LogP contribution in [0.5, 0.6) is 0 Å². The van der Waals surface area contributed by atoms with Gasteiger partial charge in [0.25, 0.3) is 0 Å². The van der Waals surface area contributed by atoms with Gasteiger partial charge < -0.3 is 4.90 Å². The van der Waals surface area contributed by atoms with Crippen molar-refractivity contribution >= 4 is 0 Å². The summed E-state index contributed by atoms with van der Waals surface area (Å²) in [6, 6.07) is 0.437. The van der Waals surface area contributed by atoms with Crippen LogP contribution in [0.2, 0.25) is 0 Å². The summed E-state index contributed by atoms with van der Waals surface area (Å²) in [5.74, 6) is 6.43. The molecule has 1 saturated carbocycles. The molecule has 3 N–H and O–H groups in total. The second kappa shape index (κ2) is 3.95. The molecule has 0 heterocycles. The van der Waals surface area contributed by atoms with Crippen LogP contribution >= 0.6 is 0 Å². The average molecular weight is 185 g/mol. The summed E-state index contributed by atoms with van der Waals surface area (Å²) >= 11 is 0. The lowest BCUT2D eigenvalue weighted by molar-refractivity contribution is 0.101. The van der Waals surface area contributed by atoms with Crippen LogP contribution in [0.4, 0.5) is 0 Å². The highest BCUT2D eigenvalue weighted by molar-refractivity contribution is 5.01. The molecule has 1 fully saturated rings. The minimum absolute atomic E-state index is 0.190. The zero-order valence-electron chi connectivity index (χ0n) is 9.30. The monoisotopic (exact) mass is 185 g/mol. The number of nitrogens with one attached hydrogen (secondary N) is 1. The van der Waals surface area contributed by atoms with E-state index in [9.17, 15) is 0 Å². The standard InChI is InChI=1S/C10H23N3/c1-5-10(2,13(3)4)9(12-11)8-6-7-8/h8-9,12H,5-7,11H2,1-4H3. The number of hydrogen-bond acceptors (Lipinski definition) is 3. The lowest BCUT2D eigenvalue weighted by atomic mass is 9.85. The number of rotatable bonds is 5. The summed E-state index contributed by atoms with van der Waals surface area (Å²) in [7, 11) is 4.27. The zero-order valence-corrected chi connectivity index (χ0v) is 9.30. The summed E-state index contributed by atoms with van der Waals surface area (Å²) in [5.41, 5.74) is 3.19. The first-order valence-electron chi connectivity index (χ1n) is 5.19. The van der Waals surface area contributed by atoms with Crippen molar-refractivity contribution in [3.8, 4) is 0 Å². The predicted octanol–water partition coefficient (Wildman–Crippen LogP) is 0.959. The van der Waals surface area contributed by atoms with Crippen LogP contribution in [-0.4, -0.2) is 30.6 Å². The molecule has 0 spiro atoms. The summed E-state index contributed by atoms with van der Waals surface area (Å²) in [5, 5.41) is 0. The number of hydrazine groups is 1. The Hall–Kier alpha value is -0.120. The highest BCUT2D eigenvalue weighted by Crippen LogP contribution is 2.39. The molecule has 0 saturated heterocycles. The van der Waals surface area contributed by atoms with Crippen LogP contribution in [0.15, 0.2) is 0 Å². The molecule has 0 aromatic heterocycles. The number of likely N-dealkylation sites (N-methyl/N-ethyl adjacent to an activating group) is 1. The van der Waals surface area contributed by atoms with Crippen LogP contribution in [0.3, 0.4) is 0 Å². The Kier molecular flexibility index (Phi) is 3.33. The van der Waals surface area contributed by atoms with Crippen LogP contribution in [0, 0.1) is 5.92 Å². The maximum atomic E-state index is 5.64. The summed E-state index contributed by atoms with van der Waals surface area (Å²) in [6.45, 7) is 4.52. The Morgan fingerprint density at radius 3 is 2.31 bits per heavy atom. The molecule has 2 unspecified atom stereocenters. The predicted molar refractivity (Wildman–Crippen MR) is 56.2 cm³/mol. The lowest BCUT2D eigenvalue weighted by Crippen LogP contribution is -2.59. The molecule has 1 rings (SSSR count). The normalized spacial score (nSPS) is 24.5. The Morgan fingerprint density at radius 2 is 2.08 bits per heavy atom. The second-order valence-electron chi connectivity index (χ2n) is 4.59. The molecular weight excluding hydrogens is 162 g/mol. The molecule has 3 heteroatoms. The highest BCUT2D eigenvalue weighted by atomic mass is 15.3. The van der Waals surface area contributed by atoms with Gasteiger partial charge in [0, 0.05) is 11.6 Å². The molecule has 1 aliphatic carbocycles. The van der Waals surface area contributed by atoms with E-state index in [1.807, 2.05) is 0 Å². The third kappa shape index (κ3) is 2.03. The van der Waals surface area contributed by atoms with E-state index in [1.165, 1.54) is 12.8 Å². The molecule has 0 amide bonds. The molecular formula is C10H23N3. The third-order valence-corrected chi connectivity index (χ3v) is 3.68. The molecule has 0 aromatic rings. The fourth-order valence-electron chi connectivity index (χ4n) is 2.07. The van der Waals surface area contributed by atoms with Crippen LogP contribution < -0.4 is 11.3 Å². The van der Waals surface area contributed by atoms with Crippen molar-refractivity contribution in [3.05, 3.63) is 0 Å². The molecule has 0 aromatic carbocycles. The largest absolute Gasteiger partial charge is 0.302 e. The van der Waals surface area contributed by atoms with Gasteiger partial charge in [-0.2, -0.15) is 0 Å². The molecule has 0 radical (unpaired) electrons. The van der Waals surface area contributed by atoms with Crippen molar-refractivity contribution in [1.29, 1.82) is 0 Å². The maximum Gasteiger partial charge on any atom is 0.0419 e. The highest BCUT2D eigenvalue weighted by Gasteiger charge is 2.43. The molecule has 1 aliphatic rings. The van der Waals surface area contributed by atoms with Crippen molar-refractivity contribution < 1.29 is 0 Å². The number of nitrogens with two attached hydrogens (primary N) is 1. The van der Waals surface area contributed by atoms with E-state index in [4.69, 9.17) is 5.84 Å². The first-order chi connectivity index (χ1) is 6.06. The Morgan fingerprint density at radius 1 is 1.54 bits per heavy atom. The fraction of sp³-hybridized carbons (Fsp3) is 1.00. The van der Waals surface area contributed by atoms with Crippen molar-refractivity contribution in [2.75, 3.05) is 14.1 Å². The smallest absolute Gasteiger partial charge is 0.0419 e. The van der Waals surface area contributed by atoms with Gasteiger partial charge >= 0.3 is 0 Å². The van der Waals surface area contributed by atoms with Gasteiger partial charge in [-0.25, -0.2) is 0 Å². The summed E-state index contributed by atoms with van der Waals surface area (Å²) < 4.78 is 0. The van der Waals surface area contributed by atoms with Gasteiger partial charge in [0.05, 0.1) is 0 Å². The second-order valence-corrected chi connectivity index (χ2v) is 4.59. The molecule has 13 heavy (non-hydrogen) atoms. The van der Waals surface area contributed by atoms with Gasteiger partial charge in [0.15, 0.2) is 0 Å². The number of nitrogens with zero attached hydrogens (tertiary/aromatic N) is 1. The Balaban J connectivity index is 2.71. The zero-order chi connectivity index (χ0) is 10.1. The lowest BCUT2D eigenvalue weighted by Gasteiger charge is -2.42. The van der Waals surface area contributed by atoms with E-state index >= 15 is 0 Å². The molecule has 78 valence electrons. The minimum Gasteiger partial charge on any atom is -0.302 e. The minimum atomic E-state index is 0.190. The topological polar surface area (TPSA) is 41.3 Å². The van der Waals surface area contributed by atoms with Crippen LogP contribution in [0.1, 0.15) is 33.1 Å². The van der Waals surface area contributed by atoms with Crippen molar-refractivity contribution in [2.24, 2.45) is 11.8 Å². The van der Waals surface area contributed by atoms with Crippen LogP contribution in [0.25, 0.3) is 0 Å². The maximum absolute atomic E-state index is 5.64. The van der Waals surface area contributed by atoms with Gasteiger partial charge in [0.2, 0.25) is 0 Å². The summed E-state index contributed by atoms with van der Waals surface area (Å²) in [4.78, 5) is 2.29. The molecule has 3 nitrogen and oxygen atoms in total. The van der Waals surface area contributed by atoms with E-state index in [2.05, 4.69) is 38.3 Å². The van der Waals surface area contributed by atoms with Gasteiger partial charge in [0.1, 0.15) is 0 Å². The van der Waals surface area contributed by atoms with Crippen molar-refractivity contribution in [1.82, 2.24) is 10.3 Å². The first-order valence-corrected chi connectivity index (χ1v) is 5.19. The average Bonchev–Trinajstić information content (AvgIpc) is 2.89. The third-order valence-electron chi connectivity index (χ3n) is 3.68. The van der Waals surface area contributed by atoms with Gasteiger partial charge in [-0.1, -0.05) is 6.92 Å². The molecule has 0 bridgehead atoms.